The molecule has 0 bridgehead atoms. The highest BCUT2D eigenvalue weighted by atomic mass is 79.9. The van der Waals surface area contributed by atoms with Crippen molar-refractivity contribution < 1.29 is 0 Å². The second kappa shape index (κ2) is 6.39. The molecule has 1 aliphatic rings. The fourth-order valence-electron chi connectivity index (χ4n) is 2.43. The lowest BCUT2D eigenvalue weighted by Crippen LogP contribution is -2.21. The quantitative estimate of drug-likeness (QED) is 0.857. The Bertz CT molecular complexity index is 357. The van der Waals surface area contributed by atoms with Gasteiger partial charge in [0.1, 0.15) is 5.82 Å². The molecule has 1 aromatic rings. The van der Waals surface area contributed by atoms with E-state index in [2.05, 4.69) is 38.4 Å². The number of hydrogen-bond acceptors (Lipinski definition) is 2. The van der Waals surface area contributed by atoms with Crippen molar-refractivity contribution in [1.82, 2.24) is 4.98 Å². The number of aromatic nitrogens is 1. The van der Waals surface area contributed by atoms with E-state index in [1.54, 1.807) is 0 Å². The molecule has 1 aromatic heterocycles. The molecule has 0 atom stereocenters. The highest BCUT2D eigenvalue weighted by Gasteiger charge is 2.11. The third-order valence-electron chi connectivity index (χ3n) is 3.48. The minimum atomic E-state index is 0.614. The van der Waals surface area contributed by atoms with E-state index in [-0.39, 0.29) is 0 Å². The molecule has 0 radical (unpaired) electrons. The Morgan fingerprint density at radius 1 is 1.12 bits per heavy atom. The van der Waals surface area contributed by atoms with Crippen molar-refractivity contribution in [3.05, 3.63) is 22.3 Å². The standard InChI is InChI=1S/C14H21BrN2/c1-11-13(15)9-10-14(16-11)17-12-7-5-3-2-4-6-8-12/h9-10,12H,2-8H2,1H3,(H,16,17). The molecule has 1 saturated carbocycles. The lowest BCUT2D eigenvalue weighted by atomic mass is 9.97. The molecule has 2 nitrogen and oxygen atoms in total. The van der Waals surface area contributed by atoms with E-state index in [9.17, 15) is 0 Å². The number of anilines is 1. The molecule has 3 heteroatoms. The van der Waals surface area contributed by atoms with E-state index in [0.717, 1.165) is 16.0 Å². The largest absolute Gasteiger partial charge is 0.367 e. The fraction of sp³-hybridized carbons (Fsp3) is 0.643. The Kier molecular flexibility index (Phi) is 4.84. The van der Waals surface area contributed by atoms with Gasteiger partial charge in [0.15, 0.2) is 0 Å². The summed E-state index contributed by atoms with van der Waals surface area (Å²) in [5.41, 5.74) is 1.06. The van der Waals surface area contributed by atoms with Crippen LogP contribution in [0.3, 0.4) is 0 Å². The molecule has 0 spiro atoms. The molecule has 1 N–H and O–H groups in total. The molecule has 0 saturated heterocycles. The number of hydrogen-bond donors (Lipinski definition) is 1. The van der Waals surface area contributed by atoms with E-state index >= 15 is 0 Å². The summed E-state index contributed by atoms with van der Waals surface area (Å²) in [5.74, 6) is 1.02. The zero-order valence-electron chi connectivity index (χ0n) is 10.5. The summed E-state index contributed by atoms with van der Waals surface area (Å²) in [6.45, 7) is 2.04. The smallest absolute Gasteiger partial charge is 0.126 e. The van der Waals surface area contributed by atoms with E-state index in [0.29, 0.717) is 6.04 Å². The molecule has 94 valence electrons. The summed E-state index contributed by atoms with van der Waals surface area (Å²) in [5, 5.41) is 3.58. The SMILES string of the molecule is Cc1nc(NC2CCCCCCC2)ccc1Br. The van der Waals surface area contributed by atoms with Gasteiger partial charge in [-0.15, -0.1) is 0 Å². The highest BCUT2D eigenvalue weighted by molar-refractivity contribution is 9.10. The van der Waals surface area contributed by atoms with Crippen LogP contribution in [-0.4, -0.2) is 11.0 Å². The molecule has 1 heterocycles. The summed E-state index contributed by atoms with van der Waals surface area (Å²) in [4.78, 5) is 4.56. The maximum Gasteiger partial charge on any atom is 0.126 e. The molecule has 0 aliphatic heterocycles. The van der Waals surface area contributed by atoms with Gasteiger partial charge in [0.2, 0.25) is 0 Å². The topological polar surface area (TPSA) is 24.9 Å². The predicted octanol–water partition coefficient (Wildman–Crippen LogP) is 4.68. The Morgan fingerprint density at radius 2 is 1.76 bits per heavy atom. The number of aryl methyl sites for hydroxylation is 1. The molecule has 2 rings (SSSR count). The summed E-state index contributed by atoms with van der Waals surface area (Å²) >= 11 is 3.49. The van der Waals surface area contributed by atoms with Gasteiger partial charge in [-0.3, -0.25) is 0 Å². The molecule has 1 fully saturated rings. The molecule has 0 amide bonds. The van der Waals surface area contributed by atoms with Gasteiger partial charge in [-0.05, 0) is 47.8 Å². The van der Waals surface area contributed by atoms with Crippen LogP contribution in [0.2, 0.25) is 0 Å². The van der Waals surface area contributed by atoms with E-state index in [4.69, 9.17) is 0 Å². The number of rotatable bonds is 2. The lowest BCUT2D eigenvalue weighted by Gasteiger charge is -2.21. The molecule has 1 aliphatic carbocycles. The Hall–Kier alpha value is -0.570. The third kappa shape index (κ3) is 3.98. The van der Waals surface area contributed by atoms with E-state index < -0.39 is 0 Å². The van der Waals surface area contributed by atoms with Crippen LogP contribution in [0.4, 0.5) is 5.82 Å². The molecule has 0 unspecified atom stereocenters. The first-order chi connectivity index (χ1) is 8.25. The van der Waals surface area contributed by atoms with Crippen molar-refractivity contribution in [3.8, 4) is 0 Å². The van der Waals surface area contributed by atoms with Crippen LogP contribution in [0, 0.1) is 6.92 Å². The van der Waals surface area contributed by atoms with Crippen LogP contribution in [0.1, 0.15) is 50.6 Å². The van der Waals surface area contributed by atoms with Gasteiger partial charge in [0.05, 0.1) is 5.69 Å². The summed E-state index contributed by atoms with van der Waals surface area (Å²) in [6, 6.07) is 4.76. The summed E-state index contributed by atoms with van der Waals surface area (Å²) in [7, 11) is 0. The molecular weight excluding hydrogens is 276 g/mol. The maximum atomic E-state index is 4.56. The van der Waals surface area contributed by atoms with Crippen molar-refractivity contribution in [2.24, 2.45) is 0 Å². The molecule has 17 heavy (non-hydrogen) atoms. The van der Waals surface area contributed by atoms with Crippen molar-refractivity contribution in [2.45, 2.75) is 57.9 Å². The van der Waals surface area contributed by atoms with Crippen LogP contribution in [0.5, 0.6) is 0 Å². The van der Waals surface area contributed by atoms with Crippen LogP contribution in [-0.2, 0) is 0 Å². The Labute approximate surface area is 112 Å². The van der Waals surface area contributed by atoms with Crippen molar-refractivity contribution in [2.75, 3.05) is 5.32 Å². The average Bonchev–Trinajstić information content (AvgIpc) is 2.27. The second-order valence-corrected chi connectivity index (χ2v) is 5.80. The van der Waals surface area contributed by atoms with Gasteiger partial charge in [0.25, 0.3) is 0 Å². The number of nitrogens with zero attached hydrogens (tertiary/aromatic N) is 1. The normalized spacial score (nSPS) is 18.5. The van der Waals surface area contributed by atoms with Crippen molar-refractivity contribution in [3.63, 3.8) is 0 Å². The van der Waals surface area contributed by atoms with E-state index in [1.165, 1.54) is 44.9 Å². The minimum Gasteiger partial charge on any atom is -0.367 e. The first-order valence-corrected chi connectivity index (χ1v) is 7.45. The zero-order chi connectivity index (χ0) is 12.1. The van der Waals surface area contributed by atoms with Crippen LogP contribution < -0.4 is 5.32 Å². The first-order valence-electron chi connectivity index (χ1n) is 6.65. The highest BCUT2D eigenvalue weighted by Crippen LogP contribution is 2.21. The lowest BCUT2D eigenvalue weighted by molar-refractivity contribution is 0.470. The second-order valence-electron chi connectivity index (χ2n) is 4.95. The maximum absolute atomic E-state index is 4.56. The van der Waals surface area contributed by atoms with Gasteiger partial charge in [-0.2, -0.15) is 0 Å². The van der Waals surface area contributed by atoms with Gasteiger partial charge in [-0.25, -0.2) is 4.98 Å². The number of nitrogens with one attached hydrogen (secondary N) is 1. The monoisotopic (exact) mass is 296 g/mol. The van der Waals surface area contributed by atoms with Crippen molar-refractivity contribution in [1.29, 1.82) is 0 Å². The van der Waals surface area contributed by atoms with Gasteiger partial charge < -0.3 is 5.32 Å². The number of halogens is 1. The molecular formula is C14H21BrN2. The average molecular weight is 297 g/mol. The van der Waals surface area contributed by atoms with Crippen molar-refractivity contribution >= 4 is 21.7 Å². The number of pyridine rings is 1. The minimum absolute atomic E-state index is 0.614. The Balaban J connectivity index is 1.95. The van der Waals surface area contributed by atoms with Crippen LogP contribution >= 0.6 is 15.9 Å². The van der Waals surface area contributed by atoms with Gasteiger partial charge in [-0.1, -0.05) is 32.1 Å². The van der Waals surface area contributed by atoms with Crippen LogP contribution in [0.15, 0.2) is 16.6 Å². The summed E-state index contributed by atoms with van der Waals surface area (Å²) in [6.07, 6.45) is 9.49. The predicted molar refractivity (Wildman–Crippen MR) is 76.4 cm³/mol. The summed E-state index contributed by atoms with van der Waals surface area (Å²) < 4.78 is 1.08. The molecule has 0 aromatic carbocycles. The van der Waals surface area contributed by atoms with Gasteiger partial charge >= 0.3 is 0 Å². The van der Waals surface area contributed by atoms with E-state index in [1.807, 2.05) is 6.92 Å². The first kappa shape index (κ1) is 12.9. The van der Waals surface area contributed by atoms with Crippen LogP contribution in [0.25, 0.3) is 0 Å². The zero-order valence-corrected chi connectivity index (χ0v) is 12.1. The third-order valence-corrected chi connectivity index (χ3v) is 4.32. The van der Waals surface area contributed by atoms with Gasteiger partial charge in [0, 0.05) is 10.5 Å². The fourth-order valence-corrected chi connectivity index (χ4v) is 2.65. The Morgan fingerprint density at radius 3 is 2.41 bits per heavy atom.